The number of hydrogen-bond acceptors (Lipinski definition) is 9. The van der Waals surface area contributed by atoms with Gasteiger partial charge in [0.15, 0.2) is 0 Å². The van der Waals surface area contributed by atoms with E-state index in [1.165, 1.54) is 6.42 Å². The molecule has 1 amide bonds. The van der Waals surface area contributed by atoms with E-state index in [1.807, 2.05) is 47.4 Å². The van der Waals surface area contributed by atoms with Crippen molar-refractivity contribution in [3.63, 3.8) is 0 Å². The molecule has 5 rings (SSSR count). The Morgan fingerprint density at radius 3 is 2.59 bits per heavy atom. The van der Waals surface area contributed by atoms with Crippen LogP contribution < -0.4 is 14.9 Å². The van der Waals surface area contributed by atoms with Crippen molar-refractivity contribution in [2.45, 2.75) is 64.0 Å². The summed E-state index contributed by atoms with van der Waals surface area (Å²) in [7, 11) is -1.11. The monoisotopic (exact) mass is 660 g/mol. The van der Waals surface area contributed by atoms with Crippen LogP contribution in [0.5, 0.6) is 0 Å². The molecule has 2 fully saturated rings. The number of thiazole rings is 1. The number of benzene rings is 1. The fraction of sp³-hybridized carbons (Fsp3) is 0.441. The lowest BCUT2D eigenvalue weighted by Crippen LogP contribution is -2.48. The number of nitrogens with zero attached hydrogens (tertiary/aromatic N) is 6. The Balaban J connectivity index is 1.23. The lowest BCUT2D eigenvalue weighted by atomic mass is 10.0. The number of anilines is 3. The second-order valence-electron chi connectivity index (χ2n) is 11.9. The molecule has 46 heavy (non-hydrogen) atoms. The van der Waals surface area contributed by atoms with Crippen molar-refractivity contribution in [2.75, 3.05) is 47.8 Å². The van der Waals surface area contributed by atoms with Crippen molar-refractivity contribution < 1.29 is 9.00 Å². The van der Waals surface area contributed by atoms with Crippen LogP contribution in [0.15, 0.2) is 58.7 Å². The molecule has 1 aliphatic carbocycles. The van der Waals surface area contributed by atoms with Gasteiger partial charge in [0.2, 0.25) is 5.91 Å². The number of carbonyl (C=O) groups is 1. The van der Waals surface area contributed by atoms with E-state index in [0.717, 1.165) is 77.1 Å². The Labute approximate surface area is 278 Å². The molecule has 2 N–H and O–H groups in total. The molecule has 1 saturated heterocycles. The van der Waals surface area contributed by atoms with Crippen molar-refractivity contribution in [3.05, 3.63) is 58.6 Å². The Morgan fingerprint density at radius 2 is 1.91 bits per heavy atom. The third-order valence-electron chi connectivity index (χ3n) is 8.26. The van der Waals surface area contributed by atoms with Crippen molar-refractivity contribution >= 4 is 64.1 Å². The summed E-state index contributed by atoms with van der Waals surface area (Å²) in [6.45, 7) is 13.1. The zero-order valence-corrected chi connectivity index (χ0v) is 28.6. The third-order valence-corrected chi connectivity index (χ3v) is 11.2. The van der Waals surface area contributed by atoms with Gasteiger partial charge >= 0.3 is 0 Å². The van der Waals surface area contributed by atoms with Gasteiger partial charge in [-0.05, 0) is 49.9 Å². The first kappa shape index (κ1) is 33.5. The van der Waals surface area contributed by atoms with Gasteiger partial charge in [-0.25, -0.2) is 14.2 Å². The van der Waals surface area contributed by atoms with Crippen LogP contribution >= 0.6 is 11.3 Å². The fourth-order valence-electron chi connectivity index (χ4n) is 5.60. The Bertz CT molecular complexity index is 1570. The van der Waals surface area contributed by atoms with E-state index < -0.39 is 11.0 Å². The molecule has 12 heteroatoms. The summed E-state index contributed by atoms with van der Waals surface area (Å²) < 4.78 is 16.3. The number of rotatable bonds is 12. The molecule has 2 aromatic heterocycles. The predicted molar refractivity (Wildman–Crippen MR) is 193 cm³/mol. The van der Waals surface area contributed by atoms with Gasteiger partial charge in [-0.2, -0.15) is 0 Å². The summed E-state index contributed by atoms with van der Waals surface area (Å²) in [5.74, 6) is 1.28. The number of allylic oxidation sites excluding steroid dienone is 1. The smallest absolute Gasteiger partial charge is 0.219 e. The van der Waals surface area contributed by atoms with E-state index >= 15 is 0 Å². The van der Waals surface area contributed by atoms with Crippen LogP contribution in [0.1, 0.15) is 68.7 Å². The Kier molecular flexibility index (Phi) is 11.7. The number of piperazine rings is 1. The van der Waals surface area contributed by atoms with E-state index in [9.17, 15) is 9.00 Å². The van der Waals surface area contributed by atoms with Crippen LogP contribution in [0.25, 0.3) is 17.0 Å². The number of pyridine rings is 1. The molecule has 2 aliphatic rings. The van der Waals surface area contributed by atoms with Gasteiger partial charge in [0.25, 0.3) is 0 Å². The first-order valence-electron chi connectivity index (χ1n) is 16.0. The molecule has 1 unspecified atom stereocenters. The number of aliphatic imine (C=N–C) groups is 2. The largest absolute Gasteiger partial charge is 0.365 e. The highest BCUT2D eigenvalue weighted by molar-refractivity contribution is 7.87. The topological polar surface area (TPSA) is 115 Å². The second kappa shape index (κ2) is 16.1. The minimum atomic E-state index is -1.11. The lowest BCUT2D eigenvalue weighted by molar-refractivity contribution is -0.129. The molecule has 0 radical (unpaired) electrons. The standard InChI is InChI=1S/C34H44N8O2S2/c1-24(2)34-39-32(26-9-8-10-27(21-26)40-46(44)29-11-6-5-7-12-29)33(45-34)30(35-4)15-16-36-23-38-28-13-14-31(37-22-28)42-19-17-41(18-20-42)25(3)43/h8-10,13-16,21-22,24,29,38,40H,4-7,11-12,17-20,23H2,1-3H3/b30-15-,36-16-. The molecule has 0 bridgehead atoms. The minimum absolute atomic E-state index is 0.119. The van der Waals surface area contributed by atoms with Gasteiger partial charge in [-0.1, -0.05) is 45.2 Å². The average molecular weight is 661 g/mol. The maximum atomic E-state index is 13.0. The minimum Gasteiger partial charge on any atom is -0.365 e. The highest BCUT2D eigenvalue weighted by atomic mass is 32.2. The number of nitrogens with one attached hydrogen (secondary N) is 2. The number of amides is 1. The zero-order valence-electron chi connectivity index (χ0n) is 26.9. The number of aromatic nitrogens is 2. The van der Waals surface area contributed by atoms with E-state index in [-0.39, 0.29) is 17.1 Å². The molecule has 0 spiro atoms. The van der Waals surface area contributed by atoms with Crippen molar-refractivity contribution in [3.8, 4) is 11.3 Å². The molecular weight excluding hydrogens is 617 g/mol. The van der Waals surface area contributed by atoms with E-state index in [2.05, 4.69) is 50.5 Å². The first-order valence-corrected chi connectivity index (χ1v) is 18.0. The van der Waals surface area contributed by atoms with Crippen molar-refractivity contribution in [1.29, 1.82) is 0 Å². The van der Waals surface area contributed by atoms with Gasteiger partial charge in [0, 0.05) is 56.5 Å². The lowest BCUT2D eigenvalue weighted by Gasteiger charge is -2.34. The van der Waals surface area contributed by atoms with E-state index in [1.54, 1.807) is 30.7 Å². The molecule has 10 nitrogen and oxygen atoms in total. The Morgan fingerprint density at radius 1 is 1.13 bits per heavy atom. The molecular formula is C34H44N8O2S2. The van der Waals surface area contributed by atoms with Gasteiger partial charge in [0.05, 0.1) is 38.4 Å². The normalized spacial score (nSPS) is 17.0. The number of carbonyl (C=O) groups excluding carboxylic acids is 1. The van der Waals surface area contributed by atoms with Crippen molar-refractivity contribution in [2.24, 2.45) is 9.98 Å². The molecule has 1 atom stereocenters. The predicted octanol–water partition coefficient (Wildman–Crippen LogP) is 6.59. The first-order chi connectivity index (χ1) is 22.3. The van der Waals surface area contributed by atoms with Crippen LogP contribution in [-0.2, 0) is 15.8 Å². The van der Waals surface area contributed by atoms with Crippen LogP contribution in [0.2, 0.25) is 0 Å². The highest BCUT2D eigenvalue weighted by Crippen LogP contribution is 2.37. The zero-order chi connectivity index (χ0) is 32.5. The second-order valence-corrected chi connectivity index (χ2v) is 14.4. The van der Waals surface area contributed by atoms with Gasteiger partial charge in [0.1, 0.15) is 23.5 Å². The SMILES string of the molecule is C=N/C(=C\C=N/CNc1ccc(N2CCN(C(C)=O)CC2)nc1)c1sc(C(C)C)nc1-c1cccc(NS(=O)C2CCCCC2)c1. The summed E-state index contributed by atoms with van der Waals surface area (Å²) in [5.41, 5.74) is 4.17. The summed E-state index contributed by atoms with van der Waals surface area (Å²) in [5, 5.41) is 4.49. The van der Waals surface area contributed by atoms with Crippen LogP contribution in [0.3, 0.4) is 0 Å². The summed E-state index contributed by atoms with van der Waals surface area (Å²) in [6.07, 6.45) is 10.9. The third kappa shape index (κ3) is 8.67. The average Bonchev–Trinajstić information content (AvgIpc) is 3.53. The molecule has 1 aromatic carbocycles. The Hall–Kier alpha value is -3.90. The summed E-state index contributed by atoms with van der Waals surface area (Å²) in [6, 6.07) is 12.0. The van der Waals surface area contributed by atoms with Crippen LogP contribution in [0.4, 0.5) is 17.2 Å². The van der Waals surface area contributed by atoms with Gasteiger partial charge < -0.3 is 19.8 Å². The van der Waals surface area contributed by atoms with E-state index in [4.69, 9.17) is 4.98 Å². The maximum absolute atomic E-state index is 13.0. The molecule has 1 saturated carbocycles. The quantitative estimate of drug-likeness (QED) is 0.212. The molecule has 1 aliphatic heterocycles. The summed E-state index contributed by atoms with van der Waals surface area (Å²) >= 11 is 1.61. The van der Waals surface area contributed by atoms with E-state index in [0.29, 0.717) is 25.5 Å². The fourth-order valence-corrected chi connectivity index (χ4v) is 7.97. The van der Waals surface area contributed by atoms with Crippen LogP contribution in [-0.4, -0.2) is 76.0 Å². The number of hydrogen-bond donors (Lipinski definition) is 2. The molecule has 244 valence electrons. The maximum Gasteiger partial charge on any atom is 0.219 e. The van der Waals surface area contributed by atoms with Crippen LogP contribution in [0, 0.1) is 0 Å². The van der Waals surface area contributed by atoms with Gasteiger partial charge in [-0.3, -0.25) is 14.8 Å². The summed E-state index contributed by atoms with van der Waals surface area (Å²) in [4.78, 5) is 35.0. The van der Waals surface area contributed by atoms with Crippen molar-refractivity contribution in [1.82, 2.24) is 14.9 Å². The molecule has 3 aromatic rings. The highest BCUT2D eigenvalue weighted by Gasteiger charge is 2.22. The van der Waals surface area contributed by atoms with Gasteiger partial charge in [-0.15, -0.1) is 11.3 Å². The molecule has 3 heterocycles.